The molecule has 0 bridgehead atoms. The van der Waals surface area contributed by atoms with E-state index in [2.05, 4.69) is 50.2 Å². The van der Waals surface area contributed by atoms with Crippen molar-refractivity contribution in [1.29, 1.82) is 0 Å². The molecule has 43 heavy (non-hydrogen) atoms. The number of hydrogen-bond acceptors (Lipinski definition) is 9. The Balaban J connectivity index is 0.00000368. The minimum atomic E-state index is -0.451. The molecule has 0 amide bonds. The Bertz CT molecular complexity index is 1570. The molecule has 2 aliphatic heterocycles. The first kappa shape index (κ1) is 30.5. The summed E-state index contributed by atoms with van der Waals surface area (Å²) in [5.41, 5.74) is 12.3. The Kier molecular flexibility index (Phi) is 9.59. The van der Waals surface area contributed by atoms with Crippen LogP contribution in [0.5, 0.6) is 5.75 Å². The van der Waals surface area contributed by atoms with Crippen LogP contribution in [-0.4, -0.2) is 67.5 Å². The van der Waals surface area contributed by atoms with Crippen LogP contribution in [0, 0.1) is 12.7 Å². The maximum absolute atomic E-state index is 14.7. The molecule has 0 spiro atoms. The van der Waals surface area contributed by atoms with E-state index >= 15 is 0 Å². The van der Waals surface area contributed by atoms with Crippen molar-refractivity contribution in [2.75, 3.05) is 61.6 Å². The van der Waals surface area contributed by atoms with Gasteiger partial charge >= 0.3 is 0 Å². The van der Waals surface area contributed by atoms with E-state index in [1.54, 1.807) is 24.4 Å². The lowest BCUT2D eigenvalue weighted by atomic mass is 9.99. The van der Waals surface area contributed by atoms with E-state index in [9.17, 15) is 4.39 Å². The van der Waals surface area contributed by atoms with E-state index < -0.39 is 5.82 Å². The van der Waals surface area contributed by atoms with Crippen molar-refractivity contribution in [3.05, 3.63) is 72.3 Å². The summed E-state index contributed by atoms with van der Waals surface area (Å²) in [7, 11) is 1.50. The molecular weight excluding hydrogens is 569 g/mol. The van der Waals surface area contributed by atoms with Gasteiger partial charge in [-0.1, -0.05) is 12.1 Å². The monoisotopic (exact) mass is 605 g/mol. The van der Waals surface area contributed by atoms with Gasteiger partial charge in [-0.3, -0.25) is 0 Å². The second-order valence-electron chi connectivity index (χ2n) is 10.7. The second-order valence-corrected chi connectivity index (χ2v) is 10.7. The van der Waals surface area contributed by atoms with Crippen LogP contribution in [0.2, 0.25) is 0 Å². The molecule has 2 fully saturated rings. The maximum Gasteiger partial charge on any atom is 0.168 e. The first-order chi connectivity index (χ1) is 20.5. The highest BCUT2D eigenvalue weighted by atomic mass is 35.5. The molecule has 2 aromatic carbocycles. The van der Waals surface area contributed by atoms with Crippen LogP contribution in [0.1, 0.15) is 18.4 Å². The molecule has 9 nitrogen and oxygen atoms in total. The standard InChI is InChI=1S/C32H36FN7O2.ClH/c1-21-17-22(8-9-26(21)39-13-15-42-16-14-39)24-19-36-30(18-27(24)40-12-4-5-23(34)20-40)37-29-10-11-35-32(38-29)31-25(33)6-3-7-28(31)41-2;/h3,6-11,17-19,23H,4-5,12-16,20,34H2,1-2H3,(H,35,36,37,38);1H/t23-;/m0./s1. The highest BCUT2D eigenvalue weighted by molar-refractivity contribution is 5.85. The first-order valence-electron chi connectivity index (χ1n) is 14.4. The van der Waals surface area contributed by atoms with Crippen molar-refractivity contribution in [2.45, 2.75) is 25.8 Å². The van der Waals surface area contributed by atoms with Crippen molar-refractivity contribution < 1.29 is 13.9 Å². The molecule has 4 heterocycles. The van der Waals surface area contributed by atoms with Gasteiger partial charge in [-0.15, -0.1) is 12.4 Å². The fourth-order valence-electron chi connectivity index (χ4n) is 5.78. The number of nitrogens with two attached hydrogens (primary N) is 1. The number of nitrogens with zero attached hydrogens (tertiary/aromatic N) is 5. The first-order valence-corrected chi connectivity index (χ1v) is 14.4. The number of anilines is 4. The van der Waals surface area contributed by atoms with E-state index in [4.69, 9.17) is 20.2 Å². The van der Waals surface area contributed by atoms with Gasteiger partial charge in [0.1, 0.15) is 23.2 Å². The lowest BCUT2D eigenvalue weighted by Crippen LogP contribution is -2.43. The van der Waals surface area contributed by atoms with Crippen LogP contribution < -0.4 is 25.6 Å². The van der Waals surface area contributed by atoms with Gasteiger partial charge in [-0.2, -0.15) is 0 Å². The van der Waals surface area contributed by atoms with Crippen LogP contribution in [-0.2, 0) is 4.74 Å². The molecule has 4 aromatic rings. The highest BCUT2D eigenvalue weighted by Crippen LogP contribution is 2.37. The van der Waals surface area contributed by atoms with Crippen LogP contribution in [0.25, 0.3) is 22.5 Å². The number of aromatic nitrogens is 3. The Labute approximate surface area is 257 Å². The van der Waals surface area contributed by atoms with Crippen LogP contribution in [0.4, 0.5) is 27.4 Å². The number of aryl methyl sites for hydroxylation is 1. The second kappa shape index (κ2) is 13.5. The molecule has 0 unspecified atom stereocenters. The van der Waals surface area contributed by atoms with Crippen LogP contribution in [0.3, 0.4) is 0 Å². The van der Waals surface area contributed by atoms with Gasteiger partial charge < -0.3 is 30.3 Å². The molecule has 2 aromatic heterocycles. The minimum absolute atomic E-state index is 0. The number of rotatable bonds is 7. The average molecular weight is 606 g/mol. The Morgan fingerprint density at radius 2 is 1.84 bits per heavy atom. The summed E-state index contributed by atoms with van der Waals surface area (Å²) in [4.78, 5) is 18.4. The van der Waals surface area contributed by atoms with Gasteiger partial charge in [0.25, 0.3) is 0 Å². The molecular formula is C32H37ClFN7O2. The third-order valence-corrected chi connectivity index (χ3v) is 7.87. The van der Waals surface area contributed by atoms with Crippen molar-refractivity contribution in [3.63, 3.8) is 0 Å². The van der Waals surface area contributed by atoms with Crippen molar-refractivity contribution in [1.82, 2.24) is 15.0 Å². The number of ether oxygens (including phenoxy) is 2. The third-order valence-electron chi connectivity index (χ3n) is 7.87. The van der Waals surface area contributed by atoms with Crippen LogP contribution >= 0.6 is 12.4 Å². The number of piperidine rings is 1. The van der Waals surface area contributed by atoms with E-state index in [0.717, 1.165) is 69.0 Å². The topological polar surface area (TPSA) is 102 Å². The van der Waals surface area contributed by atoms with Gasteiger partial charge in [-0.25, -0.2) is 19.3 Å². The van der Waals surface area contributed by atoms with Gasteiger partial charge in [0, 0.05) is 67.6 Å². The lowest BCUT2D eigenvalue weighted by molar-refractivity contribution is 0.122. The fourth-order valence-corrected chi connectivity index (χ4v) is 5.78. The van der Waals surface area contributed by atoms with Crippen molar-refractivity contribution in [3.8, 4) is 28.3 Å². The fraction of sp³-hybridized carbons (Fsp3) is 0.344. The average Bonchev–Trinajstić information content (AvgIpc) is 3.01. The summed E-state index contributed by atoms with van der Waals surface area (Å²) in [6.07, 6.45) is 5.54. The predicted molar refractivity (Wildman–Crippen MR) is 171 cm³/mol. The zero-order chi connectivity index (χ0) is 29.1. The van der Waals surface area contributed by atoms with E-state index in [0.29, 0.717) is 17.4 Å². The van der Waals surface area contributed by atoms with Gasteiger partial charge in [-0.05, 0) is 61.2 Å². The summed E-state index contributed by atoms with van der Waals surface area (Å²) in [6, 6.07) is 15.2. The van der Waals surface area contributed by atoms with Gasteiger partial charge in [0.15, 0.2) is 5.82 Å². The zero-order valence-electron chi connectivity index (χ0n) is 24.4. The molecule has 0 aliphatic carbocycles. The number of pyridine rings is 1. The van der Waals surface area contributed by atoms with Crippen molar-refractivity contribution in [2.24, 2.45) is 5.73 Å². The maximum atomic E-state index is 14.7. The normalized spacial score (nSPS) is 16.9. The number of methoxy groups -OCH3 is 1. The largest absolute Gasteiger partial charge is 0.496 e. The molecule has 0 radical (unpaired) electrons. The van der Waals surface area contributed by atoms with Gasteiger partial charge in [0.2, 0.25) is 0 Å². The Morgan fingerprint density at radius 1 is 1.00 bits per heavy atom. The Hall–Kier alpha value is -3.99. The summed E-state index contributed by atoms with van der Waals surface area (Å²) in [5.74, 6) is 1.27. The summed E-state index contributed by atoms with van der Waals surface area (Å²) in [5, 5.41) is 3.30. The number of hydrogen-bond donors (Lipinski definition) is 2. The van der Waals surface area contributed by atoms with Gasteiger partial charge in [0.05, 0.1) is 25.9 Å². The molecule has 226 valence electrons. The van der Waals surface area contributed by atoms with E-state index in [-0.39, 0.29) is 29.8 Å². The molecule has 11 heteroatoms. The molecule has 2 saturated heterocycles. The van der Waals surface area contributed by atoms with Crippen LogP contribution in [0.15, 0.2) is 60.9 Å². The number of benzene rings is 2. The molecule has 0 saturated carbocycles. The summed E-state index contributed by atoms with van der Waals surface area (Å²) in [6.45, 7) is 7.14. The lowest BCUT2D eigenvalue weighted by Gasteiger charge is -2.34. The highest BCUT2D eigenvalue weighted by Gasteiger charge is 2.22. The predicted octanol–water partition coefficient (Wildman–Crippen LogP) is 5.59. The van der Waals surface area contributed by atoms with Crippen molar-refractivity contribution >= 4 is 35.4 Å². The summed E-state index contributed by atoms with van der Waals surface area (Å²) >= 11 is 0. The van der Waals surface area contributed by atoms with E-state index in [1.165, 1.54) is 24.4 Å². The summed E-state index contributed by atoms with van der Waals surface area (Å²) < 4.78 is 25.6. The zero-order valence-corrected chi connectivity index (χ0v) is 25.2. The Morgan fingerprint density at radius 3 is 2.60 bits per heavy atom. The molecule has 1 atom stereocenters. The number of nitrogens with one attached hydrogen (secondary N) is 1. The smallest absolute Gasteiger partial charge is 0.168 e. The molecule has 6 rings (SSSR count). The molecule has 2 aliphatic rings. The van der Waals surface area contributed by atoms with E-state index in [1.807, 2.05) is 12.3 Å². The minimum Gasteiger partial charge on any atom is -0.496 e. The number of halogens is 2. The quantitative estimate of drug-likeness (QED) is 0.279. The number of morpholine rings is 1. The molecule has 3 N–H and O–H groups in total. The third kappa shape index (κ3) is 6.66. The SMILES string of the molecule is COc1cccc(F)c1-c1nccc(Nc2cc(N3CCC[C@H](N)C3)c(-c3ccc(N4CCOCC4)c(C)c3)cn2)n1.Cl.